The molecule has 156 valence electrons. The summed E-state index contributed by atoms with van der Waals surface area (Å²) in [6, 6.07) is 11.8. The minimum atomic E-state index is -3.56. The van der Waals surface area contributed by atoms with Gasteiger partial charge < -0.3 is 15.5 Å². The molecular formula is C20H25ClN4O3S. The van der Waals surface area contributed by atoms with Crippen LogP contribution >= 0.6 is 11.6 Å². The van der Waals surface area contributed by atoms with Gasteiger partial charge in [-0.1, -0.05) is 17.7 Å². The van der Waals surface area contributed by atoms with Gasteiger partial charge in [0.2, 0.25) is 15.9 Å². The molecule has 2 aromatic carbocycles. The molecule has 0 aromatic heterocycles. The van der Waals surface area contributed by atoms with E-state index in [0.29, 0.717) is 10.7 Å². The lowest BCUT2D eigenvalue weighted by molar-refractivity contribution is -0.114. The summed E-state index contributed by atoms with van der Waals surface area (Å²) in [6.45, 7) is 2.00. The van der Waals surface area contributed by atoms with Crippen LogP contribution in [0.1, 0.15) is 12.8 Å². The Bertz CT molecular complexity index is 989. The van der Waals surface area contributed by atoms with Crippen LogP contribution in [0.5, 0.6) is 0 Å². The second-order valence-electron chi connectivity index (χ2n) is 7.07. The SMILES string of the molecule is CN(C)S(=O)(=O)c1cccc(NC(=O)CNc2cc(Cl)ccc2N2CCCC2)c1. The van der Waals surface area contributed by atoms with Gasteiger partial charge in [0, 0.05) is 37.9 Å². The van der Waals surface area contributed by atoms with Crippen molar-refractivity contribution >= 4 is 44.6 Å². The quantitative estimate of drug-likeness (QED) is 0.696. The van der Waals surface area contributed by atoms with E-state index >= 15 is 0 Å². The second kappa shape index (κ2) is 9.02. The molecule has 0 saturated carbocycles. The van der Waals surface area contributed by atoms with Gasteiger partial charge in [-0.3, -0.25) is 4.79 Å². The molecule has 0 unspecified atom stereocenters. The van der Waals surface area contributed by atoms with Gasteiger partial charge in [0.25, 0.3) is 0 Å². The topological polar surface area (TPSA) is 81.8 Å². The number of anilines is 3. The fourth-order valence-corrected chi connectivity index (χ4v) is 4.33. The van der Waals surface area contributed by atoms with Gasteiger partial charge in [-0.05, 0) is 49.2 Å². The van der Waals surface area contributed by atoms with Gasteiger partial charge in [-0.2, -0.15) is 0 Å². The Morgan fingerprint density at radius 3 is 2.55 bits per heavy atom. The largest absolute Gasteiger partial charge is 0.374 e. The van der Waals surface area contributed by atoms with E-state index in [4.69, 9.17) is 11.6 Å². The molecule has 3 rings (SSSR count). The van der Waals surface area contributed by atoms with Crippen LogP contribution in [0.3, 0.4) is 0 Å². The van der Waals surface area contributed by atoms with E-state index in [-0.39, 0.29) is 17.3 Å². The fourth-order valence-electron chi connectivity index (χ4n) is 3.21. The molecule has 0 atom stereocenters. The van der Waals surface area contributed by atoms with Crippen molar-refractivity contribution < 1.29 is 13.2 Å². The van der Waals surface area contributed by atoms with E-state index in [1.807, 2.05) is 18.2 Å². The third kappa shape index (κ3) is 5.20. The Balaban J connectivity index is 1.68. The molecule has 1 heterocycles. The Labute approximate surface area is 176 Å². The average Bonchev–Trinajstić information content (AvgIpc) is 3.21. The van der Waals surface area contributed by atoms with Gasteiger partial charge >= 0.3 is 0 Å². The number of hydrogen-bond acceptors (Lipinski definition) is 5. The van der Waals surface area contributed by atoms with Crippen LogP contribution in [0.2, 0.25) is 5.02 Å². The number of carbonyl (C=O) groups is 1. The van der Waals surface area contributed by atoms with Crippen LogP contribution in [-0.4, -0.2) is 52.4 Å². The van der Waals surface area contributed by atoms with Crippen molar-refractivity contribution in [3.63, 3.8) is 0 Å². The summed E-state index contributed by atoms with van der Waals surface area (Å²) in [4.78, 5) is 14.8. The minimum absolute atomic E-state index is 0.0336. The zero-order chi connectivity index (χ0) is 21.0. The van der Waals surface area contributed by atoms with Crippen LogP contribution in [-0.2, 0) is 14.8 Å². The summed E-state index contributed by atoms with van der Waals surface area (Å²) < 4.78 is 25.7. The highest BCUT2D eigenvalue weighted by Crippen LogP contribution is 2.31. The van der Waals surface area contributed by atoms with Crippen molar-refractivity contribution in [1.29, 1.82) is 0 Å². The van der Waals surface area contributed by atoms with Gasteiger partial charge in [0.1, 0.15) is 0 Å². The van der Waals surface area contributed by atoms with E-state index in [2.05, 4.69) is 15.5 Å². The molecule has 0 aliphatic carbocycles. The summed E-state index contributed by atoms with van der Waals surface area (Å²) >= 11 is 6.13. The lowest BCUT2D eigenvalue weighted by Gasteiger charge is -2.22. The van der Waals surface area contributed by atoms with Crippen molar-refractivity contribution in [2.45, 2.75) is 17.7 Å². The molecule has 29 heavy (non-hydrogen) atoms. The average molecular weight is 437 g/mol. The number of benzene rings is 2. The summed E-state index contributed by atoms with van der Waals surface area (Å²) in [5.74, 6) is -0.281. The fraction of sp³-hybridized carbons (Fsp3) is 0.350. The molecule has 9 heteroatoms. The molecule has 0 spiro atoms. The van der Waals surface area contributed by atoms with Crippen molar-refractivity contribution in [3.05, 3.63) is 47.5 Å². The maximum atomic E-state index is 12.4. The Hall–Kier alpha value is -2.29. The lowest BCUT2D eigenvalue weighted by Crippen LogP contribution is -2.25. The first kappa shape index (κ1) is 21.4. The predicted octanol–water partition coefficient (Wildman–Crippen LogP) is 3.24. The van der Waals surface area contributed by atoms with Crippen LogP contribution in [0, 0.1) is 0 Å². The molecule has 7 nitrogen and oxygen atoms in total. The maximum Gasteiger partial charge on any atom is 0.243 e. The smallest absolute Gasteiger partial charge is 0.243 e. The Kier molecular flexibility index (Phi) is 6.66. The predicted molar refractivity (Wildman–Crippen MR) is 117 cm³/mol. The zero-order valence-electron chi connectivity index (χ0n) is 16.5. The van der Waals surface area contributed by atoms with Gasteiger partial charge in [-0.15, -0.1) is 0 Å². The van der Waals surface area contributed by atoms with Crippen LogP contribution < -0.4 is 15.5 Å². The summed E-state index contributed by atoms with van der Waals surface area (Å²) in [5.41, 5.74) is 2.25. The number of sulfonamides is 1. The third-order valence-corrected chi connectivity index (χ3v) is 6.79. The summed E-state index contributed by atoms with van der Waals surface area (Å²) in [6.07, 6.45) is 2.30. The highest BCUT2D eigenvalue weighted by Gasteiger charge is 2.18. The molecule has 2 aromatic rings. The monoisotopic (exact) mass is 436 g/mol. The van der Waals surface area contributed by atoms with E-state index in [1.165, 1.54) is 26.2 Å². The molecular weight excluding hydrogens is 412 g/mol. The van der Waals surface area contributed by atoms with Crippen LogP contribution in [0.15, 0.2) is 47.4 Å². The van der Waals surface area contributed by atoms with Gasteiger partial charge in [0.05, 0.1) is 22.8 Å². The highest BCUT2D eigenvalue weighted by molar-refractivity contribution is 7.89. The summed E-state index contributed by atoms with van der Waals surface area (Å²) in [5, 5.41) is 6.48. The maximum absolute atomic E-state index is 12.4. The van der Waals surface area contributed by atoms with Crippen molar-refractivity contribution in [2.24, 2.45) is 0 Å². The Morgan fingerprint density at radius 2 is 1.86 bits per heavy atom. The number of nitrogens with zero attached hydrogens (tertiary/aromatic N) is 2. The van der Waals surface area contributed by atoms with Crippen molar-refractivity contribution in [1.82, 2.24) is 4.31 Å². The van der Waals surface area contributed by atoms with Crippen LogP contribution in [0.25, 0.3) is 0 Å². The third-order valence-electron chi connectivity index (χ3n) is 4.74. The second-order valence-corrected chi connectivity index (χ2v) is 9.66. The van der Waals surface area contributed by atoms with E-state index in [1.54, 1.807) is 12.1 Å². The molecule has 1 aliphatic heterocycles. The molecule has 2 N–H and O–H groups in total. The van der Waals surface area contributed by atoms with E-state index < -0.39 is 10.0 Å². The normalized spacial score (nSPS) is 14.3. The zero-order valence-corrected chi connectivity index (χ0v) is 18.1. The summed E-state index contributed by atoms with van der Waals surface area (Å²) in [7, 11) is -0.633. The number of rotatable bonds is 7. The molecule has 0 radical (unpaired) electrons. The first-order valence-corrected chi connectivity index (χ1v) is 11.2. The first-order valence-electron chi connectivity index (χ1n) is 9.38. The van der Waals surface area contributed by atoms with Crippen LogP contribution in [0.4, 0.5) is 17.1 Å². The first-order chi connectivity index (χ1) is 13.8. The molecule has 1 aliphatic rings. The number of halogens is 1. The Morgan fingerprint density at radius 1 is 1.14 bits per heavy atom. The van der Waals surface area contributed by atoms with Gasteiger partial charge in [0.15, 0.2) is 0 Å². The lowest BCUT2D eigenvalue weighted by atomic mass is 10.2. The van der Waals surface area contributed by atoms with E-state index in [0.717, 1.165) is 41.6 Å². The number of nitrogens with one attached hydrogen (secondary N) is 2. The van der Waals surface area contributed by atoms with Crippen molar-refractivity contribution in [2.75, 3.05) is 49.3 Å². The molecule has 0 bridgehead atoms. The molecule has 1 fully saturated rings. The number of amides is 1. The molecule has 1 saturated heterocycles. The minimum Gasteiger partial charge on any atom is -0.374 e. The van der Waals surface area contributed by atoms with Crippen molar-refractivity contribution in [3.8, 4) is 0 Å². The molecule has 1 amide bonds. The number of carbonyl (C=O) groups excluding carboxylic acids is 1. The number of hydrogen-bond donors (Lipinski definition) is 2. The van der Waals surface area contributed by atoms with E-state index in [9.17, 15) is 13.2 Å². The highest BCUT2D eigenvalue weighted by atomic mass is 35.5. The standard InChI is InChI=1S/C20H25ClN4O3S/c1-24(2)29(27,28)17-7-5-6-16(13-17)23-20(26)14-22-18-12-15(21)8-9-19(18)25-10-3-4-11-25/h5-9,12-13,22H,3-4,10-11,14H2,1-2H3,(H,23,26). The van der Waals surface area contributed by atoms with Gasteiger partial charge in [-0.25, -0.2) is 12.7 Å².